The topological polar surface area (TPSA) is 48.0 Å². The van der Waals surface area contributed by atoms with Gasteiger partial charge in [-0.25, -0.2) is 4.68 Å². The van der Waals surface area contributed by atoms with E-state index in [1.807, 2.05) is 24.4 Å². The molecule has 2 heterocycles. The summed E-state index contributed by atoms with van der Waals surface area (Å²) in [6, 6.07) is 10.3. The smallest absolute Gasteiger partial charge is 0.141 e. The van der Waals surface area contributed by atoms with E-state index in [0.29, 0.717) is 0 Å². The van der Waals surface area contributed by atoms with Gasteiger partial charge in [0.15, 0.2) is 0 Å². The lowest BCUT2D eigenvalue weighted by Gasteiger charge is -2.11. The number of halogens is 1. The molecule has 0 radical (unpaired) electrons. The van der Waals surface area contributed by atoms with Crippen LogP contribution < -0.4 is 0 Å². The summed E-state index contributed by atoms with van der Waals surface area (Å²) >= 11 is 3.61. The van der Waals surface area contributed by atoms with Gasteiger partial charge in [-0.05, 0) is 48.0 Å². The molecule has 1 aromatic carbocycles. The van der Waals surface area contributed by atoms with Crippen LogP contribution in [0.5, 0.6) is 0 Å². The molecule has 0 aliphatic heterocycles. The van der Waals surface area contributed by atoms with Gasteiger partial charge >= 0.3 is 0 Å². The first kappa shape index (κ1) is 13.8. The second kappa shape index (κ2) is 5.65. The quantitative estimate of drug-likeness (QED) is 0.685. The zero-order valence-electron chi connectivity index (χ0n) is 11.7. The van der Waals surface area contributed by atoms with E-state index in [1.54, 1.807) is 17.3 Å². The standard InChI is InChI=1S/C15H14BrN5/c1-11-7-13(8-19-20-9-17-18-10-20)12(2)21(11)15-6-4-3-5-14(15)16/h3-10H,1-2H3/b19-8-. The highest BCUT2D eigenvalue weighted by molar-refractivity contribution is 9.10. The molecule has 0 amide bonds. The van der Waals surface area contributed by atoms with Gasteiger partial charge < -0.3 is 4.57 Å². The maximum Gasteiger partial charge on any atom is 0.141 e. The molecule has 21 heavy (non-hydrogen) atoms. The summed E-state index contributed by atoms with van der Waals surface area (Å²) in [5, 5.41) is 11.8. The van der Waals surface area contributed by atoms with Crippen molar-refractivity contribution < 1.29 is 0 Å². The molecule has 0 aliphatic carbocycles. The number of benzene rings is 1. The molecule has 0 bridgehead atoms. The third-order valence-electron chi connectivity index (χ3n) is 3.30. The highest BCUT2D eigenvalue weighted by Crippen LogP contribution is 2.26. The van der Waals surface area contributed by atoms with E-state index in [-0.39, 0.29) is 0 Å². The predicted molar refractivity (Wildman–Crippen MR) is 86.0 cm³/mol. The maximum atomic E-state index is 4.31. The zero-order chi connectivity index (χ0) is 14.8. The van der Waals surface area contributed by atoms with Crippen LogP contribution in [0.2, 0.25) is 0 Å². The lowest BCUT2D eigenvalue weighted by Crippen LogP contribution is -2.00. The summed E-state index contributed by atoms with van der Waals surface area (Å²) in [5.74, 6) is 0. The third kappa shape index (κ3) is 2.67. The van der Waals surface area contributed by atoms with Crippen molar-refractivity contribution in [3.63, 3.8) is 0 Å². The monoisotopic (exact) mass is 343 g/mol. The fourth-order valence-corrected chi connectivity index (χ4v) is 2.77. The second-order valence-electron chi connectivity index (χ2n) is 4.70. The largest absolute Gasteiger partial charge is 0.317 e. The van der Waals surface area contributed by atoms with Crippen molar-refractivity contribution >= 4 is 22.1 Å². The molecule has 2 aromatic heterocycles. The molecule has 6 heteroatoms. The van der Waals surface area contributed by atoms with Gasteiger partial charge in [0.1, 0.15) is 12.7 Å². The first-order valence-corrected chi connectivity index (χ1v) is 7.29. The fraction of sp³-hybridized carbons (Fsp3) is 0.133. The number of nitrogens with zero attached hydrogens (tertiary/aromatic N) is 5. The average molecular weight is 344 g/mol. The third-order valence-corrected chi connectivity index (χ3v) is 3.97. The Kier molecular flexibility index (Phi) is 3.70. The SMILES string of the molecule is Cc1cc(/C=N\n2cnnc2)c(C)n1-c1ccccc1Br. The van der Waals surface area contributed by atoms with Crippen LogP contribution in [0.15, 0.2) is 52.6 Å². The highest BCUT2D eigenvalue weighted by atomic mass is 79.9. The Hall–Kier alpha value is -2.21. The predicted octanol–water partition coefficient (Wildman–Crippen LogP) is 3.33. The molecule has 3 aromatic rings. The molecule has 0 aliphatic rings. The molecule has 0 saturated heterocycles. The number of hydrogen-bond acceptors (Lipinski definition) is 3. The number of aromatic nitrogens is 4. The number of para-hydroxylation sites is 1. The first-order chi connectivity index (χ1) is 10.2. The molecule has 106 valence electrons. The Morgan fingerprint density at radius 3 is 2.57 bits per heavy atom. The molecule has 0 saturated carbocycles. The van der Waals surface area contributed by atoms with Crippen LogP contribution in [0.25, 0.3) is 5.69 Å². The van der Waals surface area contributed by atoms with Crippen LogP contribution >= 0.6 is 15.9 Å². The first-order valence-electron chi connectivity index (χ1n) is 6.49. The lowest BCUT2D eigenvalue weighted by atomic mass is 10.2. The average Bonchev–Trinajstić information content (AvgIpc) is 3.07. The minimum absolute atomic E-state index is 1.06. The normalized spacial score (nSPS) is 11.4. The van der Waals surface area contributed by atoms with Gasteiger partial charge in [-0.2, -0.15) is 5.10 Å². The summed E-state index contributed by atoms with van der Waals surface area (Å²) in [4.78, 5) is 0. The van der Waals surface area contributed by atoms with Gasteiger partial charge in [0, 0.05) is 21.4 Å². The zero-order valence-corrected chi connectivity index (χ0v) is 13.3. The van der Waals surface area contributed by atoms with Crippen molar-refractivity contribution in [3.8, 4) is 5.69 Å². The Labute approximate surface area is 131 Å². The van der Waals surface area contributed by atoms with E-state index >= 15 is 0 Å². The van der Waals surface area contributed by atoms with Gasteiger partial charge in [0.2, 0.25) is 0 Å². The lowest BCUT2D eigenvalue weighted by molar-refractivity contribution is 0.877. The summed E-state index contributed by atoms with van der Waals surface area (Å²) in [6.07, 6.45) is 4.94. The molecule has 0 spiro atoms. The number of rotatable bonds is 3. The second-order valence-corrected chi connectivity index (χ2v) is 5.55. The Balaban J connectivity index is 2.03. The Morgan fingerprint density at radius 1 is 1.14 bits per heavy atom. The molecule has 0 fully saturated rings. The highest BCUT2D eigenvalue weighted by Gasteiger charge is 2.11. The van der Waals surface area contributed by atoms with Gasteiger partial charge in [-0.1, -0.05) is 12.1 Å². The summed E-state index contributed by atoms with van der Waals surface area (Å²) in [7, 11) is 0. The number of hydrogen-bond donors (Lipinski definition) is 0. The van der Waals surface area contributed by atoms with E-state index in [2.05, 4.69) is 61.8 Å². The summed E-state index contributed by atoms with van der Waals surface area (Å²) < 4.78 is 4.84. The fourth-order valence-electron chi connectivity index (χ4n) is 2.31. The van der Waals surface area contributed by atoms with E-state index in [1.165, 1.54) is 0 Å². The minimum atomic E-state index is 1.06. The molecular weight excluding hydrogens is 330 g/mol. The molecule has 0 unspecified atom stereocenters. The van der Waals surface area contributed by atoms with Gasteiger partial charge in [0.25, 0.3) is 0 Å². The van der Waals surface area contributed by atoms with Crippen molar-refractivity contribution in [1.29, 1.82) is 0 Å². The van der Waals surface area contributed by atoms with E-state index in [0.717, 1.165) is 27.1 Å². The van der Waals surface area contributed by atoms with Crippen molar-refractivity contribution in [3.05, 3.63) is 64.4 Å². The van der Waals surface area contributed by atoms with Crippen molar-refractivity contribution in [1.82, 2.24) is 19.4 Å². The van der Waals surface area contributed by atoms with Crippen LogP contribution in [0, 0.1) is 13.8 Å². The van der Waals surface area contributed by atoms with Crippen LogP contribution in [0.1, 0.15) is 17.0 Å². The van der Waals surface area contributed by atoms with Crippen LogP contribution in [0.4, 0.5) is 0 Å². The van der Waals surface area contributed by atoms with Crippen molar-refractivity contribution in [2.75, 3.05) is 0 Å². The maximum absolute atomic E-state index is 4.31. The van der Waals surface area contributed by atoms with E-state index < -0.39 is 0 Å². The van der Waals surface area contributed by atoms with Crippen molar-refractivity contribution in [2.45, 2.75) is 13.8 Å². The Bertz CT molecular complexity index is 787. The van der Waals surface area contributed by atoms with E-state index in [9.17, 15) is 0 Å². The molecular formula is C15H14BrN5. The van der Waals surface area contributed by atoms with Crippen LogP contribution in [0.3, 0.4) is 0 Å². The molecule has 3 rings (SSSR count). The van der Waals surface area contributed by atoms with Gasteiger partial charge in [-0.3, -0.25) is 0 Å². The van der Waals surface area contributed by atoms with Crippen LogP contribution in [-0.2, 0) is 0 Å². The minimum Gasteiger partial charge on any atom is -0.317 e. The molecule has 5 nitrogen and oxygen atoms in total. The van der Waals surface area contributed by atoms with Gasteiger partial charge in [0.05, 0.1) is 11.9 Å². The van der Waals surface area contributed by atoms with E-state index in [4.69, 9.17) is 0 Å². The number of aryl methyl sites for hydroxylation is 1. The Morgan fingerprint density at radius 2 is 1.86 bits per heavy atom. The molecule has 0 atom stereocenters. The van der Waals surface area contributed by atoms with Crippen molar-refractivity contribution in [2.24, 2.45) is 5.10 Å². The van der Waals surface area contributed by atoms with Crippen LogP contribution in [-0.4, -0.2) is 25.7 Å². The molecule has 0 N–H and O–H groups in total. The summed E-state index contributed by atoms with van der Waals surface area (Å²) in [5.41, 5.74) is 4.48. The van der Waals surface area contributed by atoms with Gasteiger partial charge in [-0.15, -0.1) is 10.2 Å². The summed E-state index contributed by atoms with van der Waals surface area (Å²) in [6.45, 7) is 4.17.